The van der Waals surface area contributed by atoms with Crippen LogP contribution in [-0.2, 0) is 17.9 Å². The number of rotatable bonds is 6. The van der Waals surface area contributed by atoms with Crippen molar-refractivity contribution in [3.05, 3.63) is 59.9 Å². The summed E-state index contributed by atoms with van der Waals surface area (Å²) in [6.45, 7) is 1.89. The summed E-state index contributed by atoms with van der Waals surface area (Å²) < 4.78 is 5.74. The van der Waals surface area contributed by atoms with Crippen LogP contribution >= 0.6 is 0 Å². The van der Waals surface area contributed by atoms with Gasteiger partial charge >= 0.3 is 5.97 Å². The van der Waals surface area contributed by atoms with Crippen LogP contribution in [0.15, 0.2) is 48.7 Å². The fourth-order valence-electron chi connectivity index (χ4n) is 2.52. The number of likely N-dealkylation sites (tertiary alicyclic amines) is 1. The zero-order valence-corrected chi connectivity index (χ0v) is 12.2. The molecule has 0 spiro atoms. The van der Waals surface area contributed by atoms with E-state index in [-0.39, 0.29) is 6.04 Å². The average molecular weight is 298 g/mol. The van der Waals surface area contributed by atoms with Gasteiger partial charge in [0, 0.05) is 19.3 Å². The molecule has 0 bridgehead atoms. The lowest BCUT2D eigenvalue weighted by Crippen LogP contribution is -2.51. The van der Waals surface area contributed by atoms with Crippen LogP contribution in [-0.4, -0.2) is 33.5 Å². The molecule has 1 aromatic carbocycles. The van der Waals surface area contributed by atoms with Crippen LogP contribution in [0.1, 0.15) is 17.7 Å². The molecule has 1 aromatic heterocycles. The van der Waals surface area contributed by atoms with E-state index in [1.54, 1.807) is 6.20 Å². The molecule has 1 aliphatic heterocycles. The summed E-state index contributed by atoms with van der Waals surface area (Å²) in [4.78, 5) is 17.2. The molecule has 5 nitrogen and oxygen atoms in total. The number of carboxylic acids is 1. The molecule has 22 heavy (non-hydrogen) atoms. The number of nitrogens with zero attached hydrogens (tertiary/aromatic N) is 2. The first-order valence-electron chi connectivity index (χ1n) is 7.31. The van der Waals surface area contributed by atoms with Gasteiger partial charge in [-0.2, -0.15) is 0 Å². The van der Waals surface area contributed by atoms with Crippen LogP contribution in [0, 0.1) is 0 Å². The maximum atomic E-state index is 11.0. The molecule has 2 heterocycles. The van der Waals surface area contributed by atoms with Gasteiger partial charge in [0.15, 0.2) is 0 Å². The molecule has 0 radical (unpaired) electrons. The second-order valence-electron chi connectivity index (χ2n) is 5.37. The Morgan fingerprint density at radius 1 is 1.32 bits per heavy atom. The average Bonchev–Trinajstić information content (AvgIpc) is 2.50. The molecule has 114 valence electrons. The molecule has 1 unspecified atom stereocenters. The van der Waals surface area contributed by atoms with Gasteiger partial charge in [0.2, 0.25) is 0 Å². The smallest absolute Gasteiger partial charge is 0.320 e. The number of benzene rings is 1. The predicted molar refractivity (Wildman–Crippen MR) is 81.5 cm³/mol. The van der Waals surface area contributed by atoms with E-state index in [9.17, 15) is 4.79 Å². The summed E-state index contributed by atoms with van der Waals surface area (Å²) in [6, 6.07) is 13.1. The normalized spacial score (nSPS) is 17.7. The summed E-state index contributed by atoms with van der Waals surface area (Å²) in [5, 5.41) is 9.07. The standard InChI is InChI=1S/C17H18N2O3/c20-17(21)16-7-9-19(16)11-13-4-3-6-15(10-13)22-12-14-5-1-2-8-18-14/h1-6,8,10,16H,7,9,11-12H2,(H,20,21). The number of aromatic nitrogens is 1. The van der Waals surface area contributed by atoms with E-state index in [1.807, 2.05) is 47.4 Å². The van der Waals surface area contributed by atoms with Crippen LogP contribution in [0.5, 0.6) is 5.75 Å². The highest BCUT2D eigenvalue weighted by atomic mass is 16.5. The first-order chi connectivity index (χ1) is 10.7. The van der Waals surface area contributed by atoms with Crippen molar-refractivity contribution in [1.82, 2.24) is 9.88 Å². The highest BCUT2D eigenvalue weighted by Gasteiger charge is 2.33. The monoisotopic (exact) mass is 298 g/mol. The van der Waals surface area contributed by atoms with Crippen LogP contribution in [0.25, 0.3) is 0 Å². The van der Waals surface area contributed by atoms with Gasteiger partial charge in [-0.15, -0.1) is 0 Å². The van der Waals surface area contributed by atoms with Crippen LogP contribution < -0.4 is 4.74 Å². The Morgan fingerprint density at radius 2 is 2.23 bits per heavy atom. The molecular formula is C17H18N2O3. The third kappa shape index (κ3) is 3.43. The lowest BCUT2D eigenvalue weighted by Gasteiger charge is -2.37. The Morgan fingerprint density at radius 3 is 2.91 bits per heavy atom. The molecule has 3 rings (SSSR count). The topological polar surface area (TPSA) is 62.7 Å². The second kappa shape index (κ2) is 6.58. The van der Waals surface area contributed by atoms with Gasteiger partial charge in [0.1, 0.15) is 18.4 Å². The molecule has 1 aliphatic rings. The molecule has 2 aromatic rings. The number of aliphatic carboxylic acids is 1. The predicted octanol–water partition coefficient (Wildman–Crippen LogP) is 2.32. The molecule has 0 aliphatic carbocycles. The fourth-order valence-corrected chi connectivity index (χ4v) is 2.52. The summed E-state index contributed by atoms with van der Waals surface area (Å²) in [5.41, 5.74) is 1.94. The Balaban J connectivity index is 1.59. The van der Waals surface area contributed by atoms with Crippen LogP contribution in [0.3, 0.4) is 0 Å². The van der Waals surface area contributed by atoms with E-state index in [1.165, 1.54) is 0 Å². The lowest BCUT2D eigenvalue weighted by molar-refractivity contribution is -0.148. The number of ether oxygens (including phenoxy) is 1. The van der Waals surface area contributed by atoms with Crippen molar-refractivity contribution in [1.29, 1.82) is 0 Å². The highest BCUT2D eigenvalue weighted by molar-refractivity contribution is 5.74. The van der Waals surface area contributed by atoms with E-state index in [4.69, 9.17) is 9.84 Å². The lowest BCUT2D eigenvalue weighted by atomic mass is 10.0. The zero-order chi connectivity index (χ0) is 15.4. The number of hydrogen-bond donors (Lipinski definition) is 1. The summed E-state index contributed by atoms with van der Waals surface area (Å²) in [5.74, 6) is 0.0318. The zero-order valence-electron chi connectivity index (χ0n) is 12.2. The van der Waals surface area contributed by atoms with E-state index >= 15 is 0 Å². The molecule has 0 saturated carbocycles. The largest absolute Gasteiger partial charge is 0.487 e. The molecule has 1 saturated heterocycles. The Hall–Kier alpha value is -2.40. The highest BCUT2D eigenvalue weighted by Crippen LogP contribution is 2.22. The molecular weight excluding hydrogens is 280 g/mol. The molecule has 1 N–H and O–H groups in total. The molecule has 0 amide bonds. The third-order valence-electron chi connectivity index (χ3n) is 3.81. The Bertz CT molecular complexity index is 645. The van der Waals surface area contributed by atoms with Crippen molar-refractivity contribution >= 4 is 5.97 Å². The number of carboxylic acid groups (broad SMARTS) is 1. The Kier molecular flexibility index (Phi) is 4.34. The quantitative estimate of drug-likeness (QED) is 0.886. The molecule has 1 atom stereocenters. The summed E-state index contributed by atoms with van der Waals surface area (Å²) in [7, 11) is 0. The van der Waals surface area contributed by atoms with E-state index in [0.717, 1.165) is 30.0 Å². The van der Waals surface area contributed by atoms with Gasteiger partial charge in [-0.3, -0.25) is 14.7 Å². The van der Waals surface area contributed by atoms with E-state index < -0.39 is 5.97 Å². The van der Waals surface area contributed by atoms with Crippen molar-refractivity contribution in [2.24, 2.45) is 0 Å². The number of hydrogen-bond acceptors (Lipinski definition) is 4. The fraction of sp³-hybridized carbons (Fsp3) is 0.294. The number of carbonyl (C=O) groups is 1. The van der Waals surface area contributed by atoms with Crippen molar-refractivity contribution < 1.29 is 14.6 Å². The molecule has 5 heteroatoms. The summed E-state index contributed by atoms with van der Waals surface area (Å²) >= 11 is 0. The van der Waals surface area contributed by atoms with Gasteiger partial charge in [-0.05, 0) is 36.2 Å². The first-order valence-corrected chi connectivity index (χ1v) is 7.31. The van der Waals surface area contributed by atoms with E-state index in [2.05, 4.69) is 4.98 Å². The SMILES string of the molecule is O=C(O)C1CCN1Cc1cccc(OCc2ccccn2)c1. The van der Waals surface area contributed by atoms with Gasteiger partial charge in [-0.25, -0.2) is 0 Å². The van der Waals surface area contributed by atoms with Crippen LogP contribution in [0.2, 0.25) is 0 Å². The van der Waals surface area contributed by atoms with Crippen molar-refractivity contribution in [3.63, 3.8) is 0 Å². The van der Waals surface area contributed by atoms with Crippen molar-refractivity contribution in [2.45, 2.75) is 25.6 Å². The Labute approximate surface area is 129 Å². The van der Waals surface area contributed by atoms with Crippen molar-refractivity contribution in [3.8, 4) is 5.75 Å². The minimum absolute atomic E-state index is 0.349. The van der Waals surface area contributed by atoms with Gasteiger partial charge < -0.3 is 9.84 Å². The first kappa shape index (κ1) is 14.5. The molecule has 1 fully saturated rings. The number of pyridine rings is 1. The maximum Gasteiger partial charge on any atom is 0.320 e. The van der Waals surface area contributed by atoms with E-state index in [0.29, 0.717) is 13.2 Å². The summed E-state index contributed by atoms with van der Waals surface area (Å²) in [6.07, 6.45) is 2.47. The van der Waals surface area contributed by atoms with Gasteiger partial charge in [-0.1, -0.05) is 18.2 Å². The van der Waals surface area contributed by atoms with Crippen molar-refractivity contribution in [2.75, 3.05) is 6.54 Å². The third-order valence-corrected chi connectivity index (χ3v) is 3.81. The van der Waals surface area contributed by atoms with Crippen LogP contribution in [0.4, 0.5) is 0 Å². The minimum atomic E-state index is -0.742. The van der Waals surface area contributed by atoms with Gasteiger partial charge in [0.25, 0.3) is 0 Å². The minimum Gasteiger partial charge on any atom is -0.487 e. The second-order valence-corrected chi connectivity index (χ2v) is 5.37. The van der Waals surface area contributed by atoms with Gasteiger partial charge in [0.05, 0.1) is 5.69 Å². The maximum absolute atomic E-state index is 11.0.